The minimum absolute atomic E-state index is 0.283. The van der Waals surface area contributed by atoms with Gasteiger partial charge in [-0.25, -0.2) is 4.98 Å². The topological polar surface area (TPSA) is 90.3 Å². The summed E-state index contributed by atoms with van der Waals surface area (Å²) in [4.78, 5) is 10.8. The van der Waals surface area contributed by atoms with Crippen LogP contribution in [-0.2, 0) is 6.54 Å². The van der Waals surface area contributed by atoms with E-state index in [1.54, 1.807) is 0 Å². The van der Waals surface area contributed by atoms with Crippen LogP contribution in [-0.4, -0.2) is 29.7 Å². The van der Waals surface area contributed by atoms with Gasteiger partial charge in [0.15, 0.2) is 0 Å². The fourth-order valence-electron chi connectivity index (χ4n) is 3.05. The van der Waals surface area contributed by atoms with Crippen molar-refractivity contribution in [1.29, 1.82) is 0 Å². The van der Waals surface area contributed by atoms with Gasteiger partial charge in [-0.05, 0) is 25.8 Å². The van der Waals surface area contributed by atoms with E-state index in [1.165, 1.54) is 0 Å². The Hall–Kier alpha value is -2.34. The number of nitrogens with two attached hydrogens (primary N) is 2. The van der Waals surface area contributed by atoms with Crippen LogP contribution in [0.2, 0.25) is 0 Å². The van der Waals surface area contributed by atoms with E-state index in [1.807, 2.05) is 38.2 Å². The van der Waals surface area contributed by atoms with Crippen molar-refractivity contribution in [3.8, 4) is 5.75 Å². The molecule has 0 bridgehead atoms. The number of para-hydroxylation sites is 1. The first-order valence-electron chi connectivity index (χ1n) is 8.38. The van der Waals surface area contributed by atoms with Crippen molar-refractivity contribution >= 4 is 11.8 Å². The molecular formula is C18H25N5O. The van der Waals surface area contributed by atoms with Gasteiger partial charge in [-0.1, -0.05) is 18.2 Å². The Balaban J connectivity index is 1.79. The van der Waals surface area contributed by atoms with Crippen LogP contribution in [0.15, 0.2) is 30.3 Å². The lowest BCUT2D eigenvalue weighted by molar-refractivity contribution is 0.336. The van der Waals surface area contributed by atoms with Gasteiger partial charge in [0, 0.05) is 37.2 Å². The minimum Gasteiger partial charge on any atom is -0.494 e. The molecule has 0 atom stereocenters. The van der Waals surface area contributed by atoms with E-state index >= 15 is 0 Å². The number of ether oxygens (including phenoxy) is 1. The van der Waals surface area contributed by atoms with Gasteiger partial charge in [-0.15, -0.1) is 0 Å². The van der Waals surface area contributed by atoms with E-state index in [0.717, 1.165) is 35.7 Å². The third-order valence-electron chi connectivity index (χ3n) is 4.41. The van der Waals surface area contributed by atoms with Gasteiger partial charge in [0.2, 0.25) is 5.95 Å². The second-order valence-electron chi connectivity index (χ2n) is 6.33. The SMILES string of the molecule is CCOc1ccccc1CN(C)c1cc(C2CC(N)C2)nc(N)n1. The lowest BCUT2D eigenvalue weighted by atomic mass is 9.78. The van der Waals surface area contributed by atoms with Gasteiger partial charge in [0.1, 0.15) is 11.6 Å². The summed E-state index contributed by atoms with van der Waals surface area (Å²) in [6.07, 6.45) is 1.93. The number of aromatic nitrogens is 2. The molecule has 24 heavy (non-hydrogen) atoms. The molecule has 4 N–H and O–H groups in total. The molecule has 1 aliphatic carbocycles. The normalized spacial score (nSPS) is 19.6. The molecular weight excluding hydrogens is 302 g/mol. The van der Waals surface area contributed by atoms with Crippen LogP contribution in [0.5, 0.6) is 5.75 Å². The number of rotatable bonds is 6. The number of benzene rings is 1. The van der Waals surface area contributed by atoms with Crippen LogP contribution in [0.25, 0.3) is 0 Å². The van der Waals surface area contributed by atoms with Gasteiger partial charge >= 0.3 is 0 Å². The lowest BCUT2D eigenvalue weighted by Crippen LogP contribution is -2.35. The molecule has 1 saturated carbocycles. The number of nitrogens with zero attached hydrogens (tertiary/aromatic N) is 3. The number of hydrogen-bond acceptors (Lipinski definition) is 6. The molecule has 1 aromatic carbocycles. The molecule has 128 valence electrons. The Morgan fingerprint density at radius 3 is 2.71 bits per heavy atom. The number of nitrogen functional groups attached to an aromatic ring is 1. The van der Waals surface area contributed by atoms with Gasteiger partial charge < -0.3 is 21.1 Å². The lowest BCUT2D eigenvalue weighted by Gasteiger charge is -2.32. The maximum atomic E-state index is 5.91. The molecule has 0 spiro atoms. The summed E-state index contributed by atoms with van der Waals surface area (Å²) < 4.78 is 5.70. The van der Waals surface area contributed by atoms with E-state index in [0.29, 0.717) is 25.0 Å². The summed E-state index contributed by atoms with van der Waals surface area (Å²) >= 11 is 0. The zero-order valence-corrected chi connectivity index (χ0v) is 14.3. The summed E-state index contributed by atoms with van der Waals surface area (Å²) in [6, 6.07) is 10.4. The van der Waals surface area contributed by atoms with Gasteiger partial charge in [-0.2, -0.15) is 4.98 Å². The monoisotopic (exact) mass is 327 g/mol. The smallest absolute Gasteiger partial charge is 0.222 e. The Labute approximate surface area is 142 Å². The summed E-state index contributed by atoms with van der Waals surface area (Å²) in [5.74, 6) is 2.43. The first-order chi connectivity index (χ1) is 11.6. The van der Waals surface area contributed by atoms with Gasteiger partial charge in [0.25, 0.3) is 0 Å². The number of anilines is 2. The Kier molecular flexibility index (Phi) is 4.85. The predicted octanol–water partition coefficient (Wildman–Crippen LogP) is 2.30. The average molecular weight is 327 g/mol. The highest BCUT2D eigenvalue weighted by Gasteiger charge is 2.29. The van der Waals surface area contributed by atoms with Crippen molar-refractivity contribution in [3.05, 3.63) is 41.6 Å². The highest BCUT2D eigenvalue weighted by molar-refractivity contribution is 5.46. The van der Waals surface area contributed by atoms with Crippen molar-refractivity contribution in [2.24, 2.45) is 5.73 Å². The third-order valence-corrected chi connectivity index (χ3v) is 4.41. The summed E-state index contributed by atoms with van der Waals surface area (Å²) in [7, 11) is 2.00. The first-order valence-corrected chi connectivity index (χ1v) is 8.38. The van der Waals surface area contributed by atoms with E-state index in [-0.39, 0.29) is 6.04 Å². The molecule has 1 heterocycles. The van der Waals surface area contributed by atoms with Gasteiger partial charge in [-0.3, -0.25) is 0 Å². The second-order valence-corrected chi connectivity index (χ2v) is 6.33. The van der Waals surface area contributed by atoms with Crippen LogP contribution in [0.4, 0.5) is 11.8 Å². The van der Waals surface area contributed by atoms with Crippen molar-refractivity contribution < 1.29 is 4.74 Å². The zero-order valence-electron chi connectivity index (χ0n) is 14.3. The van der Waals surface area contributed by atoms with Crippen molar-refractivity contribution in [3.63, 3.8) is 0 Å². The number of hydrogen-bond donors (Lipinski definition) is 2. The molecule has 6 nitrogen and oxygen atoms in total. The molecule has 1 fully saturated rings. The fourth-order valence-corrected chi connectivity index (χ4v) is 3.05. The fraction of sp³-hybridized carbons (Fsp3) is 0.444. The van der Waals surface area contributed by atoms with E-state index < -0.39 is 0 Å². The third kappa shape index (κ3) is 3.59. The maximum Gasteiger partial charge on any atom is 0.222 e. The summed E-state index contributed by atoms with van der Waals surface area (Å²) in [6.45, 7) is 3.32. The molecule has 2 aromatic rings. The molecule has 3 rings (SSSR count). The summed E-state index contributed by atoms with van der Waals surface area (Å²) in [5, 5.41) is 0. The van der Waals surface area contributed by atoms with Crippen molar-refractivity contribution in [2.45, 2.75) is 38.3 Å². The Bertz CT molecular complexity index is 700. The van der Waals surface area contributed by atoms with Crippen LogP contribution < -0.4 is 21.1 Å². The highest BCUT2D eigenvalue weighted by atomic mass is 16.5. The Morgan fingerprint density at radius 2 is 2.00 bits per heavy atom. The van der Waals surface area contributed by atoms with Crippen LogP contribution in [0.3, 0.4) is 0 Å². The van der Waals surface area contributed by atoms with E-state index in [9.17, 15) is 0 Å². The standard InChI is InChI=1S/C18H25N5O/c1-3-24-16-7-5-4-6-12(16)11-23(2)17-10-15(21-18(20)22-17)13-8-14(19)9-13/h4-7,10,13-14H,3,8-9,11,19H2,1-2H3,(H2,20,21,22). The van der Waals surface area contributed by atoms with Crippen molar-refractivity contribution in [1.82, 2.24) is 9.97 Å². The molecule has 0 aliphatic heterocycles. The van der Waals surface area contributed by atoms with Crippen LogP contribution in [0.1, 0.15) is 36.9 Å². The molecule has 6 heteroatoms. The van der Waals surface area contributed by atoms with E-state index in [4.69, 9.17) is 16.2 Å². The largest absolute Gasteiger partial charge is 0.494 e. The quantitative estimate of drug-likeness (QED) is 0.846. The molecule has 0 amide bonds. The molecule has 0 unspecified atom stereocenters. The Morgan fingerprint density at radius 1 is 1.25 bits per heavy atom. The minimum atomic E-state index is 0.283. The molecule has 1 aromatic heterocycles. The summed E-state index contributed by atoms with van der Waals surface area (Å²) in [5.41, 5.74) is 13.9. The van der Waals surface area contributed by atoms with E-state index in [2.05, 4.69) is 20.9 Å². The predicted molar refractivity (Wildman–Crippen MR) is 96.1 cm³/mol. The van der Waals surface area contributed by atoms with Crippen LogP contribution >= 0.6 is 0 Å². The van der Waals surface area contributed by atoms with Crippen LogP contribution in [0, 0.1) is 0 Å². The second kappa shape index (κ2) is 7.05. The van der Waals surface area contributed by atoms with Crippen molar-refractivity contribution in [2.75, 3.05) is 24.3 Å². The molecule has 0 radical (unpaired) electrons. The zero-order chi connectivity index (χ0) is 17.1. The highest BCUT2D eigenvalue weighted by Crippen LogP contribution is 2.36. The maximum absolute atomic E-state index is 5.91. The average Bonchev–Trinajstić information content (AvgIpc) is 2.53. The molecule has 0 saturated heterocycles. The molecule has 1 aliphatic rings. The van der Waals surface area contributed by atoms with Gasteiger partial charge in [0.05, 0.1) is 12.3 Å². The first kappa shape index (κ1) is 16.5.